The summed E-state index contributed by atoms with van der Waals surface area (Å²) in [6.07, 6.45) is 4.36. The van der Waals surface area contributed by atoms with Gasteiger partial charge < -0.3 is 10.2 Å². The monoisotopic (exact) mass is 360 g/mol. The Hall–Kier alpha value is -1.82. The van der Waals surface area contributed by atoms with Crippen molar-refractivity contribution in [1.29, 1.82) is 0 Å². The molecule has 0 saturated carbocycles. The van der Waals surface area contributed by atoms with E-state index in [4.69, 9.17) is 0 Å². The first-order valence-corrected chi connectivity index (χ1v) is 10.0. The Kier molecular flexibility index (Phi) is 7.98. The van der Waals surface area contributed by atoms with E-state index in [0.717, 1.165) is 55.5 Å². The standard InChI is InChI=1S/C19H28N4OS/c1-4-6-12-20-18-15-10-8-9-11-16(15)21-19(22-18)25-14-17(24)23(3)13-7-5-2/h8-11H,4-7,12-14H2,1-3H3,(H,20,21,22). The van der Waals surface area contributed by atoms with Gasteiger partial charge in [0.05, 0.1) is 11.3 Å². The molecule has 1 aromatic heterocycles. The highest BCUT2D eigenvalue weighted by Crippen LogP contribution is 2.24. The summed E-state index contributed by atoms with van der Waals surface area (Å²) >= 11 is 1.41. The topological polar surface area (TPSA) is 58.1 Å². The Balaban J connectivity index is 2.08. The van der Waals surface area contributed by atoms with E-state index in [1.807, 2.05) is 31.3 Å². The summed E-state index contributed by atoms with van der Waals surface area (Å²) in [5.74, 6) is 1.34. The minimum absolute atomic E-state index is 0.121. The summed E-state index contributed by atoms with van der Waals surface area (Å²) in [7, 11) is 1.86. The van der Waals surface area contributed by atoms with Gasteiger partial charge in [-0.25, -0.2) is 9.97 Å². The largest absolute Gasteiger partial charge is 0.369 e. The second-order valence-corrected chi connectivity index (χ2v) is 7.05. The third-order valence-corrected chi connectivity index (χ3v) is 4.84. The zero-order valence-corrected chi connectivity index (χ0v) is 16.2. The molecule has 0 aliphatic rings. The highest BCUT2D eigenvalue weighted by molar-refractivity contribution is 7.99. The van der Waals surface area contributed by atoms with Crippen molar-refractivity contribution < 1.29 is 4.79 Å². The van der Waals surface area contributed by atoms with Gasteiger partial charge in [-0.2, -0.15) is 0 Å². The minimum Gasteiger partial charge on any atom is -0.369 e. The van der Waals surface area contributed by atoms with Crippen LogP contribution in [0.2, 0.25) is 0 Å². The van der Waals surface area contributed by atoms with Crippen LogP contribution in [0.25, 0.3) is 10.9 Å². The number of carbonyl (C=O) groups is 1. The molecule has 136 valence electrons. The predicted molar refractivity (Wildman–Crippen MR) is 106 cm³/mol. The average molecular weight is 361 g/mol. The van der Waals surface area contributed by atoms with Gasteiger partial charge in [0.1, 0.15) is 5.82 Å². The second-order valence-electron chi connectivity index (χ2n) is 6.11. The first-order valence-electron chi connectivity index (χ1n) is 9.03. The molecule has 0 unspecified atom stereocenters. The Labute approximate surface area is 154 Å². The zero-order valence-electron chi connectivity index (χ0n) is 15.4. The number of amides is 1. The average Bonchev–Trinajstić information content (AvgIpc) is 2.64. The maximum Gasteiger partial charge on any atom is 0.232 e. The number of aromatic nitrogens is 2. The number of rotatable bonds is 10. The van der Waals surface area contributed by atoms with Crippen molar-refractivity contribution in [3.63, 3.8) is 0 Å². The Bertz CT molecular complexity index is 692. The number of carbonyl (C=O) groups excluding carboxylic acids is 1. The van der Waals surface area contributed by atoms with E-state index < -0.39 is 0 Å². The molecule has 1 aromatic carbocycles. The maximum atomic E-state index is 12.2. The number of fused-ring (bicyclic) bond motifs is 1. The quantitative estimate of drug-likeness (QED) is 0.391. The molecule has 1 heterocycles. The number of para-hydroxylation sites is 1. The maximum absolute atomic E-state index is 12.2. The smallest absolute Gasteiger partial charge is 0.232 e. The van der Waals surface area contributed by atoms with Gasteiger partial charge in [-0.3, -0.25) is 4.79 Å². The van der Waals surface area contributed by atoms with Gasteiger partial charge in [-0.15, -0.1) is 0 Å². The fourth-order valence-electron chi connectivity index (χ4n) is 2.39. The van der Waals surface area contributed by atoms with E-state index >= 15 is 0 Å². The van der Waals surface area contributed by atoms with Crippen molar-refractivity contribution in [3.8, 4) is 0 Å². The molecular formula is C19H28N4OS. The van der Waals surface area contributed by atoms with Crippen molar-refractivity contribution in [2.24, 2.45) is 0 Å². The van der Waals surface area contributed by atoms with Gasteiger partial charge >= 0.3 is 0 Å². The van der Waals surface area contributed by atoms with E-state index in [1.165, 1.54) is 11.8 Å². The van der Waals surface area contributed by atoms with Crippen LogP contribution in [0, 0.1) is 0 Å². The highest BCUT2D eigenvalue weighted by Gasteiger charge is 2.12. The Morgan fingerprint density at radius 3 is 2.68 bits per heavy atom. The van der Waals surface area contributed by atoms with Crippen molar-refractivity contribution >= 4 is 34.4 Å². The van der Waals surface area contributed by atoms with E-state index in [0.29, 0.717) is 10.9 Å². The number of benzene rings is 1. The van der Waals surface area contributed by atoms with Crippen molar-refractivity contribution in [2.45, 2.75) is 44.7 Å². The minimum atomic E-state index is 0.121. The molecule has 0 spiro atoms. The lowest BCUT2D eigenvalue weighted by Gasteiger charge is -2.16. The highest BCUT2D eigenvalue weighted by atomic mass is 32.2. The van der Waals surface area contributed by atoms with Crippen LogP contribution in [0.3, 0.4) is 0 Å². The van der Waals surface area contributed by atoms with Gasteiger partial charge in [0.15, 0.2) is 5.16 Å². The first-order chi connectivity index (χ1) is 12.2. The lowest BCUT2D eigenvalue weighted by Crippen LogP contribution is -2.29. The van der Waals surface area contributed by atoms with Gasteiger partial charge in [0.2, 0.25) is 5.91 Å². The number of hydrogen-bond acceptors (Lipinski definition) is 5. The molecule has 1 amide bonds. The Morgan fingerprint density at radius 1 is 1.16 bits per heavy atom. The summed E-state index contributed by atoms with van der Waals surface area (Å²) in [5.41, 5.74) is 0.908. The van der Waals surface area contributed by atoms with E-state index in [9.17, 15) is 4.79 Å². The number of hydrogen-bond donors (Lipinski definition) is 1. The number of nitrogens with zero attached hydrogens (tertiary/aromatic N) is 3. The van der Waals surface area contributed by atoms with E-state index in [1.54, 1.807) is 4.90 Å². The van der Waals surface area contributed by atoms with Crippen LogP contribution in [-0.4, -0.2) is 46.7 Å². The molecule has 6 heteroatoms. The molecule has 25 heavy (non-hydrogen) atoms. The molecule has 0 bridgehead atoms. The normalized spacial score (nSPS) is 10.8. The van der Waals surface area contributed by atoms with Gasteiger partial charge in [-0.05, 0) is 25.0 Å². The molecule has 2 aromatic rings. The van der Waals surface area contributed by atoms with Crippen molar-refractivity contribution in [1.82, 2.24) is 14.9 Å². The molecule has 2 rings (SSSR count). The SMILES string of the molecule is CCCCNc1nc(SCC(=O)N(C)CCCC)nc2ccccc12. The lowest BCUT2D eigenvalue weighted by atomic mass is 10.2. The van der Waals surface area contributed by atoms with Crippen molar-refractivity contribution in [3.05, 3.63) is 24.3 Å². The molecule has 0 aliphatic carbocycles. The van der Waals surface area contributed by atoms with Crippen LogP contribution < -0.4 is 5.32 Å². The van der Waals surface area contributed by atoms with Gasteiger partial charge in [0.25, 0.3) is 0 Å². The van der Waals surface area contributed by atoms with Gasteiger partial charge in [0, 0.05) is 25.5 Å². The lowest BCUT2D eigenvalue weighted by molar-refractivity contribution is -0.127. The van der Waals surface area contributed by atoms with Gasteiger partial charge in [-0.1, -0.05) is 50.6 Å². The first kappa shape index (κ1) is 19.5. The van der Waals surface area contributed by atoms with E-state index in [2.05, 4.69) is 29.1 Å². The molecule has 5 nitrogen and oxygen atoms in total. The Morgan fingerprint density at radius 2 is 1.92 bits per heavy atom. The van der Waals surface area contributed by atoms with Crippen LogP contribution in [0.15, 0.2) is 29.4 Å². The van der Waals surface area contributed by atoms with Crippen LogP contribution in [0.4, 0.5) is 5.82 Å². The molecule has 1 N–H and O–H groups in total. The fraction of sp³-hybridized carbons (Fsp3) is 0.526. The summed E-state index contributed by atoms with van der Waals surface area (Å²) < 4.78 is 0. The number of anilines is 1. The molecule has 0 fully saturated rings. The fourth-order valence-corrected chi connectivity index (χ4v) is 3.19. The zero-order chi connectivity index (χ0) is 18.1. The summed E-state index contributed by atoms with van der Waals surface area (Å²) in [5, 5.41) is 5.08. The number of unbranched alkanes of at least 4 members (excludes halogenated alkanes) is 2. The van der Waals surface area contributed by atoms with Crippen LogP contribution in [0.1, 0.15) is 39.5 Å². The summed E-state index contributed by atoms with van der Waals surface area (Å²) in [6, 6.07) is 7.99. The third-order valence-electron chi connectivity index (χ3n) is 4.00. The number of thioether (sulfide) groups is 1. The summed E-state index contributed by atoms with van der Waals surface area (Å²) in [6.45, 7) is 5.99. The summed E-state index contributed by atoms with van der Waals surface area (Å²) in [4.78, 5) is 23.2. The van der Waals surface area contributed by atoms with Crippen LogP contribution in [-0.2, 0) is 4.79 Å². The molecule has 0 saturated heterocycles. The molecule has 0 aliphatic heterocycles. The number of nitrogens with one attached hydrogen (secondary N) is 1. The van der Waals surface area contributed by atoms with E-state index in [-0.39, 0.29) is 5.91 Å². The molecule has 0 radical (unpaired) electrons. The molecular weight excluding hydrogens is 332 g/mol. The van der Waals surface area contributed by atoms with Crippen molar-refractivity contribution in [2.75, 3.05) is 31.2 Å². The van der Waals surface area contributed by atoms with Crippen LogP contribution >= 0.6 is 11.8 Å². The molecule has 0 atom stereocenters. The van der Waals surface area contributed by atoms with Crippen LogP contribution in [0.5, 0.6) is 0 Å². The second kappa shape index (κ2) is 10.2. The predicted octanol–water partition coefficient (Wildman–Crippen LogP) is 4.19. The third kappa shape index (κ3) is 5.88.